The van der Waals surface area contributed by atoms with Crippen LogP contribution in [-0.2, 0) is 26.9 Å². The Kier molecular flexibility index (Phi) is 3.79. The summed E-state index contributed by atoms with van der Waals surface area (Å²) >= 11 is 0. The monoisotopic (exact) mass is 282 g/mol. The van der Waals surface area contributed by atoms with E-state index < -0.39 is 19.9 Å². The minimum atomic E-state index is -3.82. The van der Waals surface area contributed by atoms with Crippen LogP contribution in [0, 0.1) is 0 Å². The molecule has 10 heteroatoms. The van der Waals surface area contributed by atoms with E-state index in [0.29, 0.717) is 0 Å². The van der Waals surface area contributed by atoms with E-state index in [1.807, 2.05) is 0 Å². The lowest BCUT2D eigenvalue weighted by atomic mass is 10.7. The molecule has 1 aromatic heterocycles. The Morgan fingerprint density at radius 1 is 1.41 bits per heavy atom. The molecule has 3 N–H and O–H groups in total. The molecule has 0 radical (unpaired) electrons. The fraction of sp³-hybridized carbons (Fsp3) is 0.571. The number of rotatable bonds is 5. The first-order chi connectivity index (χ1) is 7.62. The fourth-order valence-electron chi connectivity index (χ4n) is 1.13. The van der Waals surface area contributed by atoms with Crippen LogP contribution in [0.1, 0.15) is 0 Å². The summed E-state index contributed by atoms with van der Waals surface area (Å²) in [6, 6.07) is 0. The van der Waals surface area contributed by atoms with Crippen molar-refractivity contribution in [2.75, 3.05) is 24.3 Å². The van der Waals surface area contributed by atoms with Gasteiger partial charge >= 0.3 is 0 Å². The zero-order valence-corrected chi connectivity index (χ0v) is 11.0. The summed E-state index contributed by atoms with van der Waals surface area (Å²) in [5.41, 5.74) is 5.42. The van der Waals surface area contributed by atoms with Crippen LogP contribution in [0.2, 0.25) is 0 Å². The summed E-state index contributed by atoms with van der Waals surface area (Å²) in [5, 5.41) is 3.69. The maximum atomic E-state index is 11.7. The van der Waals surface area contributed by atoms with Crippen LogP contribution in [0.3, 0.4) is 0 Å². The summed E-state index contributed by atoms with van der Waals surface area (Å²) in [6.07, 6.45) is 2.28. The van der Waals surface area contributed by atoms with Crippen molar-refractivity contribution < 1.29 is 16.8 Å². The third kappa shape index (κ3) is 3.98. The second-order valence-corrected chi connectivity index (χ2v) is 7.58. The molecule has 0 fully saturated rings. The maximum Gasteiger partial charge on any atom is 0.245 e. The zero-order chi connectivity index (χ0) is 13.3. The van der Waals surface area contributed by atoms with Gasteiger partial charge < -0.3 is 5.73 Å². The van der Waals surface area contributed by atoms with E-state index in [1.165, 1.54) is 17.9 Å². The molecule has 0 saturated carbocycles. The molecule has 0 aromatic carbocycles. The SMILES string of the molecule is Cn1cc(S(=O)(=O)NCCS(C)(=O)=O)c(N)n1. The number of nitrogens with one attached hydrogen (secondary N) is 1. The lowest BCUT2D eigenvalue weighted by molar-refractivity contribution is 0.582. The van der Waals surface area contributed by atoms with Gasteiger partial charge in [-0.3, -0.25) is 4.68 Å². The van der Waals surface area contributed by atoms with E-state index in [-0.39, 0.29) is 23.0 Å². The highest BCUT2D eigenvalue weighted by molar-refractivity contribution is 7.91. The number of aryl methyl sites for hydroxylation is 1. The van der Waals surface area contributed by atoms with Gasteiger partial charge in [0.15, 0.2) is 5.82 Å². The maximum absolute atomic E-state index is 11.7. The highest BCUT2D eigenvalue weighted by atomic mass is 32.2. The Bertz CT molecular complexity index is 602. The number of sulfonamides is 1. The Hall–Kier alpha value is -1.13. The van der Waals surface area contributed by atoms with Crippen molar-refractivity contribution in [2.24, 2.45) is 7.05 Å². The van der Waals surface area contributed by atoms with Crippen LogP contribution in [0.5, 0.6) is 0 Å². The summed E-state index contributed by atoms with van der Waals surface area (Å²) in [6.45, 7) is -0.199. The summed E-state index contributed by atoms with van der Waals surface area (Å²) in [5.74, 6) is -0.397. The van der Waals surface area contributed by atoms with Crippen LogP contribution in [0.25, 0.3) is 0 Å². The normalized spacial score (nSPS) is 12.8. The number of sulfone groups is 1. The van der Waals surface area contributed by atoms with Gasteiger partial charge in [-0.15, -0.1) is 0 Å². The van der Waals surface area contributed by atoms with Gasteiger partial charge in [0.2, 0.25) is 10.0 Å². The smallest absolute Gasteiger partial charge is 0.245 e. The van der Waals surface area contributed by atoms with Gasteiger partial charge in [-0.1, -0.05) is 0 Å². The number of hydrogen-bond donors (Lipinski definition) is 2. The Morgan fingerprint density at radius 3 is 2.41 bits per heavy atom. The predicted molar refractivity (Wildman–Crippen MR) is 62.5 cm³/mol. The lowest BCUT2D eigenvalue weighted by Gasteiger charge is -2.04. The van der Waals surface area contributed by atoms with Gasteiger partial charge in [0.25, 0.3) is 0 Å². The molecule has 0 aliphatic carbocycles. The standard InChI is InChI=1S/C7H14N4O4S2/c1-11-5-6(7(8)10-11)17(14,15)9-3-4-16(2,12)13/h5,9H,3-4H2,1-2H3,(H2,8,10). The summed E-state index contributed by atoms with van der Waals surface area (Å²) in [7, 11) is -5.49. The molecule has 0 aliphatic rings. The Labute approximate surface area is 99.8 Å². The molecule has 98 valence electrons. The highest BCUT2D eigenvalue weighted by Gasteiger charge is 2.20. The van der Waals surface area contributed by atoms with Crippen LogP contribution >= 0.6 is 0 Å². The third-order valence-electron chi connectivity index (χ3n) is 1.88. The number of anilines is 1. The molecule has 0 saturated heterocycles. The van der Waals surface area contributed by atoms with Crippen LogP contribution in [0.15, 0.2) is 11.1 Å². The Morgan fingerprint density at radius 2 is 2.00 bits per heavy atom. The molecule has 0 atom stereocenters. The van der Waals surface area contributed by atoms with Gasteiger partial charge in [-0.05, 0) is 0 Å². The van der Waals surface area contributed by atoms with Crippen LogP contribution in [-0.4, -0.2) is 45.2 Å². The quantitative estimate of drug-likeness (QED) is 0.665. The van der Waals surface area contributed by atoms with Gasteiger partial charge in [0, 0.05) is 26.0 Å². The first-order valence-corrected chi connectivity index (χ1v) is 8.13. The minimum Gasteiger partial charge on any atom is -0.381 e. The highest BCUT2D eigenvalue weighted by Crippen LogP contribution is 2.14. The van der Waals surface area contributed by atoms with Crippen LogP contribution < -0.4 is 10.5 Å². The molecule has 0 aliphatic heterocycles. The Balaban J connectivity index is 2.80. The molecular weight excluding hydrogens is 268 g/mol. The second-order valence-electron chi connectivity index (χ2n) is 3.58. The van der Waals surface area contributed by atoms with Gasteiger partial charge in [0.1, 0.15) is 14.7 Å². The van der Waals surface area contributed by atoms with Gasteiger partial charge in [0.05, 0.1) is 5.75 Å². The number of nitrogens with two attached hydrogens (primary N) is 1. The largest absolute Gasteiger partial charge is 0.381 e. The summed E-state index contributed by atoms with van der Waals surface area (Å²) < 4.78 is 48.5. The molecular formula is C7H14N4O4S2. The van der Waals surface area contributed by atoms with E-state index in [1.54, 1.807) is 0 Å². The van der Waals surface area contributed by atoms with Crippen molar-refractivity contribution in [3.63, 3.8) is 0 Å². The lowest BCUT2D eigenvalue weighted by Crippen LogP contribution is -2.29. The van der Waals surface area contributed by atoms with Crippen molar-refractivity contribution in [3.8, 4) is 0 Å². The fourth-order valence-corrected chi connectivity index (χ4v) is 2.87. The number of hydrogen-bond acceptors (Lipinski definition) is 6. The van der Waals surface area contributed by atoms with E-state index in [0.717, 1.165) is 6.26 Å². The van der Waals surface area contributed by atoms with Crippen molar-refractivity contribution in [2.45, 2.75) is 4.90 Å². The average Bonchev–Trinajstić information content (AvgIpc) is 2.43. The molecule has 1 rings (SSSR count). The second kappa shape index (κ2) is 4.63. The molecule has 0 unspecified atom stereocenters. The number of nitrogens with zero attached hydrogens (tertiary/aromatic N) is 2. The van der Waals surface area contributed by atoms with Crippen molar-refractivity contribution in [3.05, 3.63) is 6.20 Å². The average molecular weight is 282 g/mol. The molecule has 1 aromatic rings. The number of aromatic nitrogens is 2. The first kappa shape index (κ1) is 13.9. The van der Waals surface area contributed by atoms with Gasteiger partial charge in [-0.2, -0.15) is 5.10 Å². The van der Waals surface area contributed by atoms with Crippen molar-refractivity contribution in [1.82, 2.24) is 14.5 Å². The molecule has 17 heavy (non-hydrogen) atoms. The van der Waals surface area contributed by atoms with Crippen molar-refractivity contribution >= 4 is 25.7 Å². The number of nitrogen functional groups attached to an aromatic ring is 1. The summed E-state index contributed by atoms with van der Waals surface area (Å²) in [4.78, 5) is -0.159. The molecule has 0 spiro atoms. The van der Waals surface area contributed by atoms with E-state index >= 15 is 0 Å². The minimum absolute atomic E-state index is 0.126. The third-order valence-corrected chi connectivity index (χ3v) is 4.30. The van der Waals surface area contributed by atoms with Gasteiger partial charge in [-0.25, -0.2) is 21.6 Å². The molecule has 8 nitrogen and oxygen atoms in total. The molecule has 1 heterocycles. The molecule has 0 amide bonds. The van der Waals surface area contributed by atoms with E-state index in [9.17, 15) is 16.8 Å². The van der Waals surface area contributed by atoms with Crippen LogP contribution in [0.4, 0.5) is 5.82 Å². The first-order valence-electron chi connectivity index (χ1n) is 4.58. The topological polar surface area (TPSA) is 124 Å². The van der Waals surface area contributed by atoms with E-state index in [2.05, 4.69) is 9.82 Å². The van der Waals surface area contributed by atoms with E-state index in [4.69, 9.17) is 5.73 Å². The zero-order valence-electron chi connectivity index (χ0n) is 9.41. The predicted octanol–water partition coefficient (Wildman–Crippen LogP) is -1.67. The molecule has 0 bridgehead atoms. The van der Waals surface area contributed by atoms with Crippen molar-refractivity contribution in [1.29, 1.82) is 0 Å².